The second kappa shape index (κ2) is 6.90. The van der Waals surface area contributed by atoms with Crippen molar-refractivity contribution >= 4 is 0 Å². The summed E-state index contributed by atoms with van der Waals surface area (Å²) < 4.78 is 10.5. The van der Waals surface area contributed by atoms with Gasteiger partial charge in [0.05, 0.1) is 6.61 Å². The summed E-state index contributed by atoms with van der Waals surface area (Å²) in [5.74, 6) is 1.94. The Morgan fingerprint density at radius 3 is 3.17 bits per heavy atom. The van der Waals surface area contributed by atoms with Crippen molar-refractivity contribution in [3.05, 3.63) is 17.0 Å². The topological polar surface area (TPSA) is 47.3 Å². The zero-order valence-corrected chi connectivity index (χ0v) is 11.5. The summed E-state index contributed by atoms with van der Waals surface area (Å²) in [5.41, 5.74) is 2.46. The van der Waals surface area contributed by atoms with Crippen LogP contribution in [-0.2, 0) is 24.1 Å². The maximum absolute atomic E-state index is 5.45. The van der Waals surface area contributed by atoms with Crippen LogP contribution in [0.2, 0.25) is 0 Å². The van der Waals surface area contributed by atoms with Gasteiger partial charge >= 0.3 is 0 Å². The highest BCUT2D eigenvalue weighted by molar-refractivity contribution is 5.26. The molecule has 1 aliphatic carbocycles. The fourth-order valence-corrected chi connectivity index (χ4v) is 2.71. The van der Waals surface area contributed by atoms with Gasteiger partial charge in [0.2, 0.25) is 0 Å². The molecule has 0 amide bonds. The molecule has 0 aliphatic heterocycles. The van der Waals surface area contributed by atoms with Gasteiger partial charge in [-0.25, -0.2) is 0 Å². The summed E-state index contributed by atoms with van der Waals surface area (Å²) in [7, 11) is 1.72. The Bertz CT molecular complexity index is 363. The zero-order valence-electron chi connectivity index (χ0n) is 11.5. The van der Waals surface area contributed by atoms with E-state index in [1.807, 2.05) is 0 Å². The molecule has 1 atom stereocenters. The van der Waals surface area contributed by atoms with Crippen LogP contribution in [0, 0.1) is 5.92 Å². The normalized spacial score (nSPS) is 18.9. The molecule has 1 N–H and O–H groups in total. The van der Waals surface area contributed by atoms with Crippen molar-refractivity contribution in [2.24, 2.45) is 5.92 Å². The second-order valence-electron chi connectivity index (χ2n) is 5.10. The highest BCUT2D eigenvalue weighted by Gasteiger charge is 2.24. The molecule has 0 fully saturated rings. The maximum Gasteiger partial charge on any atom is 0.140 e. The Hall–Kier alpha value is -0.870. The quantitative estimate of drug-likeness (QED) is 0.757. The Kier molecular flexibility index (Phi) is 5.20. The molecule has 0 aromatic carbocycles. The average Bonchev–Trinajstić information content (AvgIpc) is 2.78. The average molecular weight is 252 g/mol. The van der Waals surface area contributed by atoms with Crippen LogP contribution in [0.3, 0.4) is 0 Å². The third-order valence-corrected chi connectivity index (χ3v) is 3.70. The standard InChI is InChI=1S/C14H24N2O2/c1-3-4-11-5-6-14-12(9-11)13(16-18-14)10-15-7-8-17-2/h11,15H,3-10H2,1-2H3. The molecule has 102 valence electrons. The minimum Gasteiger partial charge on any atom is -0.383 e. The van der Waals surface area contributed by atoms with Gasteiger partial charge in [-0.05, 0) is 18.8 Å². The molecule has 4 heteroatoms. The first-order chi connectivity index (χ1) is 8.85. The number of nitrogens with one attached hydrogen (secondary N) is 1. The number of ether oxygens (including phenoxy) is 1. The van der Waals surface area contributed by atoms with E-state index in [2.05, 4.69) is 17.4 Å². The lowest BCUT2D eigenvalue weighted by Crippen LogP contribution is -2.21. The van der Waals surface area contributed by atoms with Crippen LogP contribution < -0.4 is 5.32 Å². The van der Waals surface area contributed by atoms with E-state index in [1.165, 1.54) is 24.8 Å². The van der Waals surface area contributed by atoms with Crippen LogP contribution in [0.4, 0.5) is 0 Å². The van der Waals surface area contributed by atoms with E-state index in [4.69, 9.17) is 9.26 Å². The fraction of sp³-hybridized carbons (Fsp3) is 0.786. The number of rotatable bonds is 7. The lowest BCUT2D eigenvalue weighted by atomic mass is 9.84. The van der Waals surface area contributed by atoms with Gasteiger partial charge in [0.1, 0.15) is 11.5 Å². The molecule has 0 saturated heterocycles. The predicted molar refractivity (Wildman–Crippen MR) is 70.5 cm³/mol. The summed E-state index contributed by atoms with van der Waals surface area (Å²) in [6, 6.07) is 0. The minimum atomic E-state index is 0.735. The zero-order chi connectivity index (χ0) is 12.8. The van der Waals surface area contributed by atoms with Gasteiger partial charge in [-0.15, -0.1) is 0 Å². The Balaban J connectivity index is 1.91. The number of nitrogens with zero attached hydrogens (tertiary/aromatic N) is 1. The second-order valence-corrected chi connectivity index (χ2v) is 5.10. The monoisotopic (exact) mass is 252 g/mol. The van der Waals surface area contributed by atoms with Gasteiger partial charge in [-0.1, -0.05) is 24.9 Å². The molecular formula is C14H24N2O2. The van der Waals surface area contributed by atoms with Crippen LogP contribution in [0.5, 0.6) is 0 Å². The molecule has 0 spiro atoms. The molecule has 0 saturated carbocycles. The van der Waals surface area contributed by atoms with Crippen molar-refractivity contribution in [3.63, 3.8) is 0 Å². The highest BCUT2D eigenvalue weighted by atomic mass is 16.5. The number of hydrogen-bond acceptors (Lipinski definition) is 4. The molecule has 0 bridgehead atoms. The highest BCUT2D eigenvalue weighted by Crippen LogP contribution is 2.30. The van der Waals surface area contributed by atoms with Gasteiger partial charge in [0, 0.05) is 32.2 Å². The van der Waals surface area contributed by atoms with Crippen molar-refractivity contribution in [2.75, 3.05) is 20.3 Å². The van der Waals surface area contributed by atoms with Gasteiger partial charge in [0.15, 0.2) is 0 Å². The molecule has 1 aromatic heterocycles. The van der Waals surface area contributed by atoms with E-state index in [0.717, 1.165) is 49.9 Å². The summed E-state index contributed by atoms with van der Waals surface area (Å²) in [6.45, 7) is 4.65. The number of aryl methyl sites for hydroxylation is 1. The lowest BCUT2D eigenvalue weighted by Gasteiger charge is -2.20. The first-order valence-electron chi connectivity index (χ1n) is 7.01. The van der Waals surface area contributed by atoms with Crippen LogP contribution in [0.25, 0.3) is 0 Å². The maximum atomic E-state index is 5.45. The SMILES string of the molecule is CCCC1CCc2onc(CNCCOC)c2C1. The number of fused-ring (bicyclic) bond motifs is 1. The molecule has 0 radical (unpaired) electrons. The smallest absolute Gasteiger partial charge is 0.140 e. The number of methoxy groups -OCH3 is 1. The molecular weight excluding hydrogens is 228 g/mol. The summed E-state index contributed by atoms with van der Waals surface area (Å²) >= 11 is 0. The lowest BCUT2D eigenvalue weighted by molar-refractivity contribution is 0.199. The van der Waals surface area contributed by atoms with Crippen LogP contribution in [-0.4, -0.2) is 25.4 Å². The van der Waals surface area contributed by atoms with Crippen LogP contribution in [0.1, 0.15) is 43.2 Å². The van der Waals surface area contributed by atoms with Crippen LogP contribution >= 0.6 is 0 Å². The molecule has 1 unspecified atom stereocenters. The van der Waals surface area contributed by atoms with Gasteiger partial charge in [-0.2, -0.15) is 0 Å². The van der Waals surface area contributed by atoms with Crippen molar-refractivity contribution in [2.45, 2.75) is 45.6 Å². The van der Waals surface area contributed by atoms with Gasteiger partial charge in [0.25, 0.3) is 0 Å². The summed E-state index contributed by atoms with van der Waals surface area (Å²) in [5, 5.41) is 7.55. The molecule has 1 aliphatic rings. The first kappa shape index (κ1) is 13.6. The van der Waals surface area contributed by atoms with Crippen molar-refractivity contribution in [1.82, 2.24) is 10.5 Å². The van der Waals surface area contributed by atoms with Crippen molar-refractivity contribution < 1.29 is 9.26 Å². The molecule has 1 heterocycles. The number of aromatic nitrogens is 1. The Labute approximate surface area is 109 Å². The van der Waals surface area contributed by atoms with Gasteiger partial charge in [-0.3, -0.25) is 0 Å². The van der Waals surface area contributed by atoms with E-state index in [1.54, 1.807) is 7.11 Å². The van der Waals surface area contributed by atoms with Crippen LogP contribution in [0.15, 0.2) is 4.52 Å². The van der Waals surface area contributed by atoms with E-state index in [9.17, 15) is 0 Å². The van der Waals surface area contributed by atoms with E-state index >= 15 is 0 Å². The summed E-state index contributed by atoms with van der Waals surface area (Å²) in [4.78, 5) is 0. The Morgan fingerprint density at radius 2 is 2.39 bits per heavy atom. The largest absolute Gasteiger partial charge is 0.383 e. The molecule has 18 heavy (non-hydrogen) atoms. The molecule has 2 rings (SSSR count). The molecule has 4 nitrogen and oxygen atoms in total. The van der Waals surface area contributed by atoms with Gasteiger partial charge < -0.3 is 14.6 Å². The predicted octanol–water partition coefficient (Wildman–Crippen LogP) is 2.32. The fourth-order valence-electron chi connectivity index (χ4n) is 2.71. The van der Waals surface area contributed by atoms with Crippen molar-refractivity contribution in [3.8, 4) is 0 Å². The molecule has 1 aromatic rings. The Morgan fingerprint density at radius 1 is 1.50 bits per heavy atom. The van der Waals surface area contributed by atoms with Crippen molar-refractivity contribution in [1.29, 1.82) is 0 Å². The van der Waals surface area contributed by atoms with E-state index in [0.29, 0.717) is 0 Å². The third-order valence-electron chi connectivity index (χ3n) is 3.70. The van der Waals surface area contributed by atoms with E-state index < -0.39 is 0 Å². The number of hydrogen-bond donors (Lipinski definition) is 1. The first-order valence-corrected chi connectivity index (χ1v) is 7.01. The van der Waals surface area contributed by atoms with E-state index in [-0.39, 0.29) is 0 Å². The third kappa shape index (κ3) is 3.33. The minimum absolute atomic E-state index is 0.735. The summed E-state index contributed by atoms with van der Waals surface area (Å²) in [6.07, 6.45) is 6.06.